The van der Waals surface area contributed by atoms with Gasteiger partial charge in [0, 0.05) is 6.54 Å². The van der Waals surface area contributed by atoms with Crippen molar-refractivity contribution in [1.29, 1.82) is 0 Å². The molecule has 0 radical (unpaired) electrons. The summed E-state index contributed by atoms with van der Waals surface area (Å²) in [6, 6.07) is 18.1. The Hall–Kier alpha value is -3.21. The van der Waals surface area contributed by atoms with Crippen molar-refractivity contribution in [2.45, 2.75) is 19.9 Å². The number of hydrogen-bond acceptors (Lipinski definition) is 3. The second kappa shape index (κ2) is 8.25. The molecule has 1 heterocycles. The first-order valence-electron chi connectivity index (χ1n) is 8.39. The van der Waals surface area contributed by atoms with Crippen LogP contribution in [0.4, 0.5) is 15.9 Å². The second-order valence-electron chi connectivity index (χ2n) is 6.09. The minimum Gasteiger partial charge on any atom is -0.366 e. The summed E-state index contributed by atoms with van der Waals surface area (Å²) in [5.74, 6) is 0.0615. The summed E-state index contributed by atoms with van der Waals surface area (Å²) in [7, 11) is 0. The maximum atomic E-state index is 13.6. The van der Waals surface area contributed by atoms with Crippen LogP contribution in [0.5, 0.6) is 0 Å². The zero-order valence-corrected chi connectivity index (χ0v) is 14.5. The molecule has 0 spiro atoms. The topological polar surface area (TPSA) is 54.0 Å². The van der Waals surface area contributed by atoms with Gasteiger partial charge in [-0.2, -0.15) is 0 Å². The van der Waals surface area contributed by atoms with Crippen molar-refractivity contribution in [1.82, 2.24) is 4.98 Å². The molecule has 0 saturated carbocycles. The summed E-state index contributed by atoms with van der Waals surface area (Å²) in [5, 5.41) is 5.96. The van der Waals surface area contributed by atoms with Crippen LogP contribution in [0.2, 0.25) is 0 Å². The van der Waals surface area contributed by atoms with Gasteiger partial charge in [0.2, 0.25) is 5.91 Å². The van der Waals surface area contributed by atoms with E-state index in [9.17, 15) is 9.18 Å². The third kappa shape index (κ3) is 4.89. The standard InChI is InChI=1S/C21H20FN3O/c1-15-6-8-16(9-7-15)13-23-20-11-10-18(14-24-20)25-21(26)12-17-4-2-3-5-19(17)22/h2-11,14H,12-13H2,1H3,(H,23,24)(H,25,26). The fourth-order valence-electron chi connectivity index (χ4n) is 2.49. The lowest BCUT2D eigenvalue weighted by Gasteiger charge is -2.08. The molecule has 26 heavy (non-hydrogen) atoms. The van der Waals surface area contributed by atoms with E-state index in [4.69, 9.17) is 0 Å². The van der Waals surface area contributed by atoms with Gasteiger partial charge < -0.3 is 10.6 Å². The van der Waals surface area contributed by atoms with Gasteiger partial charge in [0.15, 0.2) is 0 Å². The molecule has 132 valence electrons. The molecule has 3 aromatic rings. The molecule has 4 nitrogen and oxygen atoms in total. The zero-order valence-electron chi connectivity index (χ0n) is 14.5. The van der Waals surface area contributed by atoms with E-state index in [1.807, 2.05) is 0 Å². The number of amides is 1. The van der Waals surface area contributed by atoms with E-state index >= 15 is 0 Å². The molecule has 0 aliphatic heterocycles. The molecular formula is C21H20FN3O. The first kappa shape index (κ1) is 17.6. The summed E-state index contributed by atoms with van der Waals surface area (Å²) < 4.78 is 13.6. The van der Waals surface area contributed by atoms with E-state index in [2.05, 4.69) is 46.8 Å². The van der Waals surface area contributed by atoms with E-state index in [0.717, 1.165) is 5.82 Å². The molecule has 0 saturated heterocycles. The van der Waals surface area contributed by atoms with Gasteiger partial charge in [-0.3, -0.25) is 4.79 Å². The summed E-state index contributed by atoms with van der Waals surface area (Å²) in [4.78, 5) is 16.3. The van der Waals surface area contributed by atoms with Crippen molar-refractivity contribution in [3.63, 3.8) is 0 Å². The average Bonchev–Trinajstić information content (AvgIpc) is 2.64. The maximum absolute atomic E-state index is 13.6. The van der Waals surface area contributed by atoms with Gasteiger partial charge in [0.1, 0.15) is 11.6 Å². The van der Waals surface area contributed by atoms with Gasteiger partial charge in [0.05, 0.1) is 18.3 Å². The Morgan fingerprint density at radius 3 is 2.50 bits per heavy atom. The Bertz CT molecular complexity index is 877. The van der Waals surface area contributed by atoms with E-state index in [1.54, 1.807) is 36.5 Å². The molecule has 0 unspecified atom stereocenters. The van der Waals surface area contributed by atoms with Crippen molar-refractivity contribution < 1.29 is 9.18 Å². The van der Waals surface area contributed by atoms with Gasteiger partial charge >= 0.3 is 0 Å². The summed E-state index contributed by atoms with van der Waals surface area (Å²) in [6.45, 7) is 2.73. The van der Waals surface area contributed by atoms with E-state index in [1.165, 1.54) is 17.2 Å². The highest BCUT2D eigenvalue weighted by Gasteiger charge is 2.08. The lowest BCUT2D eigenvalue weighted by Crippen LogP contribution is -2.15. The first-order chi connectivity index (χ1) is 12.6. The predicted octanol–water partition coefficient (Wildman–Crippen LogP) is 4.32. The number of nitrogens with one attached hydrogen (secondary N) is 2. The zero-order chi connectivity index (χ0) is 18.4. The van der Waals surface area contributed by atoms with Crippen LogP contribution in [0.1, 0.15) is 16.7 Å². The monoisotopic (exact) mass is 349 g/mol. The number of aryl methyl sites for hydroxylation is 1. The second-order valence-corrected chi connectivity index (χ2v) is 6.09. The minimum absolute atomic E-state index is 0.0138. The summed E-state index contributed by atoms with van der Waals surface area (Å²) in [6.07, 6.45) is 1.57. The van der Waals surface area contributed by atoms with Crippen LogP contribution in [0, 0.1) is 12.7 Å². The third-order valence-corrected chi connectivity index (χ3v) is 3.95. The molecule has 5 heteroatoms. The Morgan fingerprint density at radius 1 is 1.04 bits per heavy atom. The van der Waals surface area contributed by atoms with Crippen molar-refractivity contribution in [2.75, 3.05) is 10.6 Å². The molecule has 0 aliphatic rings. The maximum Gasteiger partial charge on any atom is 0.228 e. The molecule has 2 aromatic carbocycles. The van der Waals surface area contributed by atoms with Crippen LogP contribution in [0.3, 0.4) is 0 Å². The molecule has 3 rings (SSSR count). The van der Waals surface area contributed by atoms with E-state index < -0.39 is 0 Å². The number of halogens is 1. The Balaban J connectivity index is 1.53. The van der Waals surface area contributed by atoms with Gasteiger partial charge in [-0.1, -0.05) is 48.0 Å². The number of hydrogen-bond donors (Lipinski definition) is 2. The van der Waals surface area contributed by atoms with E-state index in [-0.39, 0.29) is 18.1 Å². The number of carbonyl (C=O) groups is 1. The van der Waals surface area contributed by atoms with Crippen molar-refractivity contribution in [3.8, 4) is 0 Å². The fourth-order valence-corrected chi connectivity index (χ4v) is 2.49. The number of nitrogens with zero attached hydrogens (tertiary/aromatic N) is 1. The minimum atomic E-state index is -0.378. The molecular weight excluding hydrogens is 329 g/mol. The van der Waals surface area contributed by atoms with Crippen LogP contribution >= 0.6 is 0 Å². The lowest BCUT2D eigenvalue weighted by molar-refractivity contribution is -0.115. The predicted molar refractivity (Wildman–Crippen MR) is 101 cm³/mol. The number of rotatable bonds is 6. The average molecular weight is 349 g/mol. The highest BCUT2D eigenvalue weighted by atomic mass is 19.1. The molecule has 0 bridgehead atoms. The number of aromatic nitrogens is 1. The highest BCUT2D eigenvalue weighted by Crippen LogP contribution is 2.13. The van der Waals surface area contributed by atoms with Gasteiger partial charge in [-0.15, -0.1) is 0 Å². The Labute approximate surface area is 152 Å². The van der Waals surface area contributed by atoms with Crippen molar-refractivity contribution in [3.05, 3.63) is 89.4 Å². The van der Waals surface area contributed by atoms with Crippen LogP contribution < -0.4 is 10.6 Å². The van der Waals surface area contributed by atoms with Crippen LogP contribution in [-0.2, 0) is 17.8 Å². The molecule has 0 atom stereocenters. The Kier molecular flexibility index (Phi) is 5.59. The quantitative estimate of drug-likeness (QED) is 0.697. The fraction of sp³-hybridized carbons (Fsp3) is 0.143. The molecule has 1 amide bonds. The molecule has 0 fully saturated rings. The van der Waals surface area contributed by atoms with Gasteiger partial charge in [-0.25, -0.2) is 9.37 Å². The van der Waals surface area contributed by atoms with Crippen LogP contribution in [0.25, 0.3) is 0 Å². The molecule has 2 N–H and O–H groups in total. The third-order valence-electron chi connectivity index (χ3n) is 3.95. The molecule has 1 aromatic heterocycles. The number of pyridine rings is 1. The smallest absolute Gasteiger partial charge is 0.228 e. The number of anilines is 2. The highest BCUT2D eigenvalue weighted by molar-refractivity contribution is 5.92. The summed E-state index contributed by atoms with van der Waals surface area (Å²) in [5.41, 5.74) is 3.34. The Morgan fingerprint density at radius 2 is 1.81 bits per heavy atom. The van der Waals surface area contributed by atoms with Crippen LogP contribution in [-0.4, -0.2) is 10.9 Å². The SMILES string of the molecule is Cc1ccc(CNc2ccc(NC(=O)Cc3ccccc3F)cn2)cc1. The van der Waals surface area contributed by atoms with Gasteiger partial charge in [0.25, 0.3) is 0 Å². The lowest BCUT2D eigenvalue weighted by atomic mass is 10.1. The van der Waals surface area contributed by atoms with Crippen LogP contribution in [0.15, 0.2) is 66.9 Å². The van der Waals surface area contributed by atoms with Crippen molar-refractivity contribution in [2.24, 2.45) is 0 Å². The number of carbonyl (C=O) groups excluding carboxylic acids is 1. The van der Waals surface area contributed by atoms with Gasteiger partial charge in [-0.05, 0) is 36.2 Å². The van der Waals surface area contributed by atoms with Crippen molar-refractivity contribution >= 4 is 17.4 Å². The normalized spacial score (nSPS) is 10.4. The first-order valence-corrected chi connectivity index (χ1v) is 8.39. The summed E-state index contributed by atoms with van der Waals surface area (Å²) >= 11 is 0. The largest absolute Gasteiger partial charge is 0.366 e. The van der Waals surface area contributed by atoms with E-state index in [0.29, 0.717) is 17.8 Å². The molecule has 0 aliphatic carbocycles. The number of benzene rings is 2.